The summed E-state index contributed by atoms with van der Waals surface area (Å²) in [5.74, 6) is 0.714. The lowest BCUT2D eigenvalue weighted by Crippen LogP contribution is -2.26. The Morgan fingerprint density at radius 2 is 1.84 bits per heavy atom. The normalized spacial score (nSPS) is 16.2. The van der Waals surface area contributed by atoms with Crippen molar-refractivity contribution in [1.29, 1.82) is 0 Å². The maximum Gasteiger partial charge on any atom is 0.0237 e. The van der Waals surface area contributed by atoms with E-state index in [0.717, 1.165) is 26.2 Å². The van der Waals surface area contributed by atoms with E-state index in [1.807, 2.05) is 0 Å². The summed E-state index contributed by atoms with van der Waals surface area (Å²) in [6.07, 6.45) is 5.74. The van der Waals surface area contributed by atoms with Gasteiger partial charge in [0.15, 0.2) is 0 Å². The van der Waals surface area contributed by atoms with Crippen molar-refractivity contribution in [3.63, 3.8) is 0 Å². The Kier molecular flexibility index (Phi) is 5.62. The van der Waals surface area contributed by atoms with Crippen molar-refractivity contribution >= 4 is 0 Å². The molecule has 1 aliphatic rings. The van der Waals surface area contributed by atoms with Gasteiger partial charge in [0.05, 0.1) is 0 Å². The molecule has 0 unspecified atom stereocenters. The minimum absolute atomic E-state index is 0.714. The van der Waals surface area contributed by atoms with Crippen molar-refractivity contribution in [3.8, 4) is 0 Å². The highest BCUT2D eigenvalue weighted by atomic mass is 15.1. The third-order valence-corrected chi connectivity index (χ3v) is 3.45. The summed E-state index contributed by atoms with van der Waals surface area (Å²) in [6.45, 7) is 9.90. The van der Waals surface area contributed by atoms with Crippen LogP contribution in [0.25, 0.3) is 0 Å². The Morgan fingerprint density at radius 3 is 2.47 bits per heavy atom. The van der Waals surface area contributed by atoms with Crippen LogP contribution in [0.2, 0.25) is 0 Å². The smallest absolute Gasteiger partial charge is 0.0237 e. The molecule has 0 amide bonds. The molecule has 0 bridgehead atoms. The summed E-state index contributed by atoms with van der Waals surface area (Å²) in [7, 11) is 0. The highest BCUT2D eigenvalue weighted by molar-refractivity contribution is 5.22. The molecule has 0 aromatic heterocycles. The first kappa shape index (κ1) is 14.3. The third-order valence-electron chi connectivity index (χ3n) is 3.45. The summed E-state index contributed by atoms with van der Waals surface area (Å²) >= 11 is 0. The molecule has 0 saturated carbocycles. The number of hydrogen-bond acceptors (Lipinski definition) is 2. The van der Waals surface area contributed by atoms with Crippen LogP contribution >= 0.6 is 0 Å². The van der Waals surface area contributed by atoms with Crippen LogP contribution in [0.5, 0.6) is 0 Å². The van der Waals surface area contributed by atoms with E-state index in [1.165, 1.54) is 24.1 Å². The molecule has 2 rings (SSSR count). The van der Waals surface area contributed by atoms with E-state index < -0.39 is 0 Å². The fraction of sp³-hybridized carbons (Fsp3) is 0.529. The first-order valence-corrected chi connectivity index (χ1v) is 7.40. The van der Waals surface area contributed by atoms with Crippen molar-refractivity contribution in [2.24, 2.45) is 5.92 Å². The molecule has 0 saturated heterocycles. The van der Waals surface area contributed by atoms with Crippen LogP contribution in [0.4, 0.5) is 0 Å². The Balaban J connectivity index is 1.79. The Bertz CT molecular complexity index is 392. The SMILES string of the molecule is CC(C)CNCc1ccc(CN2CC=CCC2)cc1. The molecule has 1 heterocycles. The lowest BCUT2D eigenvalue weighted by molar-refractivity contribution is 0.290. The van der Waals surface area contributed by atoms with Gasteiger partial charge >= 0.3 is 0 Å². The number of nitrogens with one attached hydrogen (secondary N) is 1. The van der Waals surface area contributed by atoms with Crippen LogP contribution in [0.15, 0.2) is 36.4 Å². The molecule has 0 spiro atoms. The molecule has 1 aliphatic heterocycles. The number of rotatable bonds is 6. The fourth-order valence-electron chi connectivity index (χ4n) is 2.36. The molecule has 2 nitrogen and oxygen atoms in total. The molecule has 0 atom stereocenters. The highest BCUT2D eigenvalue weighted by Crippen LogP contribution is 2.10. The molecule has 19 heavy (non-hydrogen) atoms. The van der Waals surface area contributed by atoms with Crippen LogP contribution in [-0.2, 0) is 13.1 Å². The van der Waals surface area contributed by atoms with Crippen molar-refractivity contribution in [2.75, 3.05) is 19.6 Å². The van der Waals surface area contributed by atoms with Gasteiger partial charge in [-0.3, -0.25) is 4.90 Å². The monoisotopic (exact) mass is 258 g/mol. The molecule has 1 aromatic rings. The van der Waals surface area contributed by atoms with Gasteiger partial charge in [0, 0.05) is 26.2 Å². The van der Waals surface area contributed by atoms with Gasteiger partial charge < -0.3 is 5.32 Å². The molecule has 104 valence electrons. The van der Waals surface area contributed by atoms with Gasteiger partial charge in [-0.15, -0.1) is 0 Å². The van der Waals surface area contributed by atoms with E-state index >= 15 is 0 Å². The van der Waals surface area contributed by atoms with Gasteiger partial charge in [0.1, 0.15) is 0 Å². The molecule has 1 aromatic carbocycles. The molecule has 2 heteroatoms. The van der Waals surface area contributed by atoms with Crippen molar-refractivity contribution in [3.05, 3.63) is 47.5 Å². The average Bonchev–Trinajstić information content (AvgIpc) is 2.42. The highest BCUT2D eigenvalue weighted by Gasteiger charge is 2.06. The second kappa shape index (κ2) is 7.46. The van der Waals surface area contributed by atoms with E-state index in [0.29, 0.717) is 5.92 Å². The zero-order valence-electron chi connectivity index (χ0n) is 12.2. The third kappa shape index (κ3) is 5.17. The van der Waals surface area contributed by atoms with Crippen molar-refractivity contribution in [2.45, 2.75) is 33.4 Å². The molecule has 1 N–H and O–H groups in total. The lowest BCUT2D eigenvalue weighted by Gasteiger charge is -2.23. The number of hydrogen-bond donors (Lipinski definition) is 1. The van der Waals surface area contributed by atoms with Crippen molar-refractivity contribution in [1.82, 2.24) is 10.2 Å². The molecular weight excluding hydrogens is 232 g/mol. The summed E-state index contributed by atoms with van der Waals surface area (Å²) in [6, 6.07) is 9.04. The predicted octanol–water partition coefficient (Wildman–Crippen LogP) is 3.19. The second-order valence-electron chi connectivity index (χ2n) is 5.84. The lowest BCUT2D eigenvalue weighted by atomic mass is 10.1. The van der Waals surface area contributed by atoms with Gasteiger partial charge in [-0.1, -0.05) is 50.3 Å². The van der Waals surface area contributed by atoms with Crippen LogP contribution in [0.3, 0.4) is 0 Å². The zero-order chi connectivity index (χ0) is 13.5. The van der Waals surface area contributed by atoms with Crippen LogP contribution in [0, 0.1) is 5.92 Å². The first-order chi connectivity index (χ1) is 9.24. The maximum absolute atomic E-state index is 3.48. The number of benzene rings is 1. The maximum atomic E-state index is 3.48. The van der Waals surface area contributed by atoms with Gasteiger partial charge in [-0.2, -0.15) is 0 Å². The fourth-order valence-corrected chi connectivity index (χ4v) is 2.36. The Hall–Kier alpha value is -1.12. The summed E-state index contributed by atoms with van der Waals surface area (Å²) in [5, 5.41) is 3.48. The zero-order valence-corrected chi connectivity index (χ0v) is 12.2. The average molecular weight is 258 g/mol. The van der Waals surface area contributed by atoms with E-state index in [2.05, 4.69) is 60.5 Å². The Labute approximate surface area is 117 Å². The van der Waals surface area contributed by atoms with Gasteiger partial charge in [0.25, 0.3) is 0 Å². The summed E-state index contributed by atoms with van der Waals surface area (Å²) in [4.78, 5) is 2.49. The largest absolute Gasteiger partial charge is 0.312 e. The van der Waals surface area contributed by atoms with Gasteiger partial charge in [-0.25, -0.2) is 0 Å². The van der Waals surface area contributed by atoms with Crippen LogP contribution in [0.1, 0.15) is 31.4 Å². The van der Waals surface area contributed by atoms with E-state index in [4.69, 9.17) is 0 Å². The first-order valence-electron chi connectivity index (χ1n) is 7.40. The standard InChI is InChI=1S/C17H26N2/c1-15(2)12-18-13-16-6-8-17(9-7-16)14-19-10-4-3-5-11-19/h3-4,6-9,15,18H,5,10-14H2,1-2H3. The predicted molar refractivity (Wildman–Crippen MR) is 82.0 cm³/mol. The molecular formula is C17H26N2. The molecule has 0 radical (unpaired) electrons. The van der Waals surface area contributed by atoms with E-state index in [1.54, 1.807) is 0 Å². The van der Waals surface area contributed by atoms with E-state index in [-0.39, 0.29) is 0 Å². The molecule has 0 fully saturated rings. The van der Waals surface area contributed by atoms with Crippen LogP contribution in [-0.4, -0.2) is 24.5 Å². The minimum atomic E-state index is 0.714. The van der Waals surface area contributed by atoms with E-state index in [9.17, 15) is 0 Å². The summed E-state index contributed by atoms with van der Waals surface area (Å²) < 4.78 is 0. The number of nitrogens with zero attached hydrogens (tertiary/aromatic N) is 1. The quantitative estimate of drug-likeness (QED) is 0.788. The van der Waals surface area contributed by atoms with Gasteiger partial charge in [0.2, 0.25) is 0 Å². The second-order valence-corrected chi connectivity index (χ2v) is 5.84. The van der Waals surface area contributed by atoms with Gasteiger partial charge in [-0.05, 0) is 30.0 Å². The Morgan fingerprint density at radius 1 is 1.11 bits per heavy atom. The molecule has 0 aliphatic carbocycles. The topological polar surface area (TPSA) is 15.3 Å². The summed E-state index contributed by atoms with van der Waals surface area (Å²) in [5.41, 5.74) is 2.80. The minimum Gasteiger partial charge on any atom is -0.312 e. The van der Waals surface area contributed by atoms with Crippen LogP contribution < -0.4 is 5.32 Å². The van der Waals surface area contributed by atoms with Crippen molar-refractivity contribution < 1.29 is 0 Å².